The van der Waals surface area contributed by atoms with Gasteiger partial charge in [-0.05, 0) is 109 Å². The molecule has 280 valence electrons. The van der Waals surface area contributed by atoms with Gasteiger partial charge in [-0.25, -0.2) is 0 Å². The van der Waals surface area contributed by atoms with Crippen LogP contribution in [0.15, 0.2) is 109 Å². The first kappa shape index (κ1) is 37.2. The zero-order valence-corrected chi connectivity index (χ0v) is 32.0. The number of aliphatic hydroxyl groups is 2. The van der Waals surface area contributed by atoms with Gasteiger partial charge in [-0.15, -0.1) is 0 Å². The molecule has 3 N–H and O–H groups in total. The average molecular weight is 773 g/mol. The largest absolute Gasteiger partial charge is 0.388 e. The van der Waals surface area contributed by atoms with Crippen molar-refractivity contribution < 1.29 is 15.0 Å². The highest BCUT2D eigenvalue weighted by Crippen LogP contribution is 2.42. The van der Waals surface area contributed by atoms with Crippen molar-refractivity contribution in [3.05, 3.63) is 169 Å². The fourth-order valence-electron chi connectivity index (χ4n) is 8.39. The number of pyridine rings is 3. The first-order valence-electron chi connectivity index (χ1n) is 19.0. The normalized spacial score (nSPS) is 19.2. The molecule has 5 aromatic rings. The molecule has 2 fully saturated rings. The van der Waals surface area contributed by atoms with Crippen LogP contribution in [0.4, 0.5) is 0 Å². The molecule has 8 nitrogen and oxygen atoms in total. The van der Waals surface area contributed by atoms with E-state index in [1.165, 1.54) is 22.3 Å². The number of aromatic nitrogens is 3. The zero-order chi connectivity index (χ0) is 37.9. The number of hydrogen-bond donors (Lipinski definition) is 3. The van der Waals surface area contributed by atoms with Gasteiger partial charge in [0.25, 0.3) is 0 Å². The topological polar surface area (TPSA) is 111 Å². The van der Waals surface area contributed by atoms with Crippen LogP contribution in [0.5, 0.6) is 0 Å². The van der Waals surface area contributed by atoms with Gasteiger partial charge in [0.15, 0.2) is 0 Å². The van der Waals surface area contributed by atoms with E-state index in [2.05, 4.69) is 26.3 Å². The van der Waals surface area contributed by atoms with Crippen molar-refractivity contribution in [2.75, 3.05) is 26.2 Å². The van der Waals surface area contributed by atoms with Gasteiger partial charge in [0, 0.05) is 83.0 Å². The maximum absolute atomic E-state index is 12.8. The second-order valence-corrected chi connectivity index (χ2v) is 15.4. The average Bonchev–Trinajstić information content (AvgIpc) is 3.41. The van der Waals surface area contributed by atoms with Crippen LogP contribution >= 0.6 is 23.2 Å². The van der Waals surface area contributed by atoms with Crippen LogP contribution in [0, 0.1) is 0 Å². The Morgan fingerprint density at radius 3 is 1.76 bits per heavy atom. The molecular weight excluding hydrogens is 729 g/mol. The quantitative estimate of drug-likeness (QED) is 0.167. The molecule has 2 atom stereocenters. The molecule has 2 saturated heterocycles. The summed E-state index contributed by atoms with van der Waals surface area (Å²) in [6, 6.07) is 23.4. The summed E-state index contributed by atoms with van der Waals surface area (Å²) in [7, 11) is 0. The van der Waals surface area contributed by atoms with E-state index in [-0.39, 0.29) is 5.91 Å². The number of nitrogens with zero attached hydrogens (tertiary/aromatic N) is 4. The van der Waals surface area contributed by atoms with Crippen LogP contribution in [-0.4, -0.2) is 62.2 Å². The van der Waals surface area contributed by atoms with E-state index < -0.39 is 12.2 Å². The van der Waals surface area contributed by atoms with E-state index in [0.29, 0.717) is 42.4 Å². The van der Waals surface area contributed by atoms with Crippen LogP contribution in [0.1, 0.15) is 88.2 Å². The van der Waals surface area contributed by atoms with Crippen molar-refractivity contribution in [2.45, 2.75) is 57.2 Å². The van der Waals surface area contributed by atoms with E-state index in [4.69, 9.17) is 23.2 Å². The lowest BCUT2D eigenvalue weighted by molar-refractivity contribution is -0.130. The number of nitrogens with one attached hydrogen (secondary N) is 1. The van der Waals surface area contributed by atoms with Gasteiger partial charge < -0.3 is 20.4 Å². The number of carbonyl (C=O) groups excluding carboxylic acids is 1. The SMILES string of the molecule is O=C(Cc1cccnc1)N1CCC(=C2c3ccc(Cl)cc3CC(O)c3cccnc32)CC1.OC1Cc2cc(Cl)ccc2C(=C2CCNCC2)c2ncccc21. The maximum atomic E-state index is 12.8. The molecule has 2 aromatic carbocycles. The van der Waals surface area contributed by atoms with E-state index in [0.717, 1.165) is 89.1 Å². The molecule has 3 aromatic heterocycles. The number of halogens is 2. The molecule has 0 bridgehead atoms. The Hall–Kier alpha value is -4.70. The monoisotopic (exact) mass is 771 g/mol. The van der Waals surface area contributed by atoms with Gasteiger partial charge in [-0.3, -0.25) is 19.7 Å². The van der Waals surface area contributed by atoms with Gasteiger partial charge in [-0.1, -0.05) is 64.7 Å². The summed E-state index contributed by atoms with van der Waals surface area (Å²) in [5.74, 6) is 0.129. The summed E-state index contributed by atoms with van der Waals surface area (Å²) in [6.45, 7) is 3.33. The molecule has 5 heterocycles. The third-order valence-corrected chi connectivity index (χ3v) is 11.6. The third kappa shape index (κ3) is 8.02. The van der Waals surface area contributed by atoms with Gasteiger partial charge >= 0.3 is 0 Å². The summed E-state index contributed by atoms with van der Waals surface area (Å²) < 4.78 is 0. The number of rotatable bonds is 2. The van der Waals surface area contributed by atoms with Crippen molar-refractivity contribution in [1.29, 1.82) is 0 Å². The number of piperidine rings is 2. The van der Waals surface area contributed by atoms with Crippen LogP contribution in [-0.2, 0) is 24.1 Å². The summed E-state index contributed by atoms with van der Waals surface area (Å²) in [5.41, 5.74) is 13.8. The van der Waals surface area contributed by atoms with E-state index >= 15 is 0 Å². The Morgan fingerprint density at radius 1 is 0.709 bits per heavy atom. The van der Waals surface area contributed by atoms with E-state index in [1.807, 2.05) is 77.8 Å². The molecule has 0 saturated carbocycles. The highest BCUT2D eigenvalue weighted by atomic mass is 35.5. The number of fused-ring (bicyclic) bond motifs is 4. The fourth-order valence-corrected chi connectivity index (χ4v) is 8.78. The van der Waals surface area contributed by atoms with Crippen LogP contribution in [0.2, 0.25) is 10.0 Å². The van der Waals surface area contributed by atoms with Crippen molar-refractivity contribution in [3.63, 3.8) is 0 Å². The molecule has 55 heavy (non-hydrogen) atoms. The highest BCUT2D eigenvalue weighted by Gasteiger charge is 2.30. The molecule has 4 aliphatic rings. The van der Waals surface area contributed by atoms with Crippen LogP contribution in [0.3, 0.4) is 0 Å². The Balaban J connectivity index is 0.000000164. The summed E-state index contributed by atoms with van der Waals surface area (Å²) >= 11 is 12.5. The smallest absolute Gasteiger partial charge is 0.227 e. The molecule has 2 aliphatic heterocycles. The molecule has 2 aliphatic carbocycles. The van der Waals surface area contributed by atoms with Crippen molar-refractivity contribution in [2.24, 2.45) is 0 Å². The predicted octanol–water partition coefficient (Wildman–Crippen LogP) is 7.90. The van der Waals surface area contributed by atoms with Crippen molar-refractivity contribution in [3.8, 4) is 0 Å². The number of benzene rings is 2. The van der Waals surface area contributed by atoms with Gasteiger partial charge in [0.05, 0.1) is 30.0 Å². The number of aliphatic hydroxyl groups excluding tert-OH is 2. The fraction of sp³-hybridized carbons (Fsp3) is 0.289. The first-order valence-corrected chi connectivity index (χ1v) is 19.8. The number of amides is 1. The lowest BCUT2D eigenvalue weighted by atomic mass is 9.88. The summed E-state index contributed by atoms with van der Waals surface area (Å²) in [4.78, 5) is 28.2. The minimum absolute atomic E-state index is 0.129. The maximum Gasteiger partial charge on any atom is 0.227 e. The molecule has 1 amide bonds. The Bertz CT molecular complexity index is 2270. The third-order valence-electron chi connectivity index (χ3n) is 11.1. The number of carbonyl (C=O) groups is 1. The molecule has 9 rings (SSSR count). The lowest BCUT2D eigenvalue weighted by Crippen LogP contribution is -2.37. The minimum atomic E-state index is -0.629. The molecule has 0 spiro atoms. The predicted molar refractivity (Wildman–Crippen MR) is 217 cm³/mol. The highest BCUT2D eigenvalue weighted by molar-refractivity contribution is 6.31. The Morgan fingerprint density at radius 2 is 1.24 bits per heavy atom. The lowest BCUT2D eigenvalue weighted by Gasteiger charge is -2.30. The Labute approximate surface area is 331 Å². The Kier molecular flexibility index (Phi) is 11.2. The summed E-state index contributed by atoms with van der Waals surface area (Å²) in [5, 5.41) is 26.3. The van der Waals surface area contributed by atoms with Gasteiger partial charge in [-0.2, -0.15) is 0 Å². The molecule has 2 unspecified atom stereocenters. The number of likely N-dealkylation sites (tertiary alicyclic amines) is 1. The zero-order valence-electron chi connectivity index (χ0n) is 30.5. The van der Waals surface area contributed by atoms with Crippen LogP contribution in [0.25, 0.3) is 11.1 Å². The van der Waals surface area contributed by atoms with Gasteiger partial charge in [0.1, 0.15) is 0 Å². The molecule has 0 radical (unpaired) electrons. The van der Waals surface area contributed by atoms with E-state index in [1.54, 1.807) is 18.6 Å². The summed E-state index contributed by atoms with van der Waals surface area (Å²) in [6.07, 6.45) is 10.9. The standard InChI is InChI=1S/C26H24ClN3O2.C19H19ClN2O/c27-20-5-6-21-19(14-20)15-23(31)22-4-2-10-29-26(22)25(21)18-7-11-30(12-8-18)24(32)13-17-3-1-9-28-16-17;20-14-3-4-15-13(10-14)11-17(23)16-2-1-7-22-19(16)18(15)12-5-8-21-9-6-12/h1-6,9-10,14,16,23,31H,7-8,11-13,15H2;1-4,7,10,17,21,23H,5-6,8-9,11H2. The van der Waals surface area contributed by atoms with Crippen molar-refractivity contribution in [1.82, 2.24) is 25.2 Å². The molecular formula is C45H43Cl2N5O3. The van der Waals surface area contributed by atoms with E-state index in [9.17, 15) is 15.0 Å². The van der Waals surface area contributed by atoms with Crippen LogP contribution < -0.4 is 5.32 Å². The van der Waals surface area contributed by atoms with Crippen molar-refractivity contribution >= 4 is 40.3 Å². The molecule has 10 heteroatoms. The second kappa shape index (κ2) is 16.6. The minimum Gasteiger partial charge on any atom is -0.388 e. The van der Waals surface area contributed by atoms with Gasteiger partial charge in [0.2, 0.25) is 5.91 Å². The first-order chi connectivity index (χ1) is 26.8. The number of hydrogen-bond acceptors (Lipinski definition) is 7. The second-order valence-electron chi connectivity index (χ2n) is 14.6.